The Bertz CT molecular complexity index is 711. The summed E-state index contributed by atoms with van der Waals surface area (Å²) in [7, 11) is 0. The van der Waals surface area contributed by atoms with Gasteiger partial charge in [0, 0.05) is 38.4 Å². The summed E-state index contributed by atoms with van der Waals surface area (Å²) in [6.07, 6.45) is -2.87. The molecule has 0 aliphatic carbocycles. The molecular formula is C25H45N3O8. The molecule has 1 aromatic rings. The lowest BCUT2D eigenvalue weighted by atomic mass is 10.1. The van der Waals surface area contributed by atoms with Crippen molar-refractivity contribution in [2.45, 2.75) is 70.1 Å². The van der Waals surface area contributed by atoms with Gasteiger partial charge in [0.05, 0.1) is 25.4 Å². The first-order chi connectivity index (χ1) is 16.9. The quantitative estimate of drug-likeness (QED) is 0.128. The van der Waals surface area contributed by atoms with Crippen LogP contribution < -0.4 is 10.6 Å². The number of hydrogen-bond donors (Lipinski definition) is 8. The summed E-state index contributed by atoms with van der Waals surface area (Å²) in [6.45, 7) is 5.61. The number of aliphatic hydroxyl groups is 6. The summed E-state index contributed by atoms with van der Waals surface area (Å²) in [6, 6.07) is 7.94. The summed E-state index contributed by atoms with van der Waals surface area (Å²) in [5.74, 6) is 0. The van der Waals surface area contributed by atoms with E-state index in [0.717, 1.165) is 24.9 Å². The second-order valence-corrected chi connectivity index (χ2v) is 9.90. The number of hydrogen-bond acceptors (Lipinski definition) is 10. The zero-order valence-corrected chi connectivity index (χ0v) is 21.6. The molecule has 1 amide bonds. The number of rotatable bonds is 17. The van der Waals surface area contributed by atoms with Crippen molar-refractivity contribution < 1.29 is 40.2 Å². The van der Waals surface area contributed by atoms with Crippen LogP contribution in [0.4, 0.5) is 10.5 Å². The van der Waals surface area contributed by atoms with Crippen LogP contribution in [0.15, 0.2) is 24.3 Å². The molecule has 0 bridgehead atoms. The number of aliphatic hydroxyl groups excluding tert-OH is 6. The fourth-order valence-corrected chi connectivity index (χ4v) is 3.38. The van der Waals surface area contributed by atoms with E-state index in [4.69, 9.17) is 14.9 Å². The van der Waals surface area contributed by atoms with E-state index in [1.165, 1.54) is 5.56 Å². The normalized spacial score (nSPS) is 15.3. The van der Waals surface area contributed by atoms with Crippen molar-refractivity contribution in [1.29, 1.82) is 0 Å². The first-order valence-corrected chi connectivity index (χ1v) is 12.4. The predicted molar refractivity (Wildman–Crippen MR) is 137 cm³/mol. The summed E-state index contributed by atoms with van der Waals surface area (Å²) in [5.41, 5.74) is 1.55. The van der Waals surface area contributed by atoms with Gasteiger partial charge in [0.2, 0.25) is 0 Å². The van der Waals surface area contributed by atoms with E-state index in [0.29, 0.717) is 19.6 Å². The molecule has 0 spiro atoms. The summed E-state index contributed by atoms with van der Waals surface area (Å²) in [4.78, 5) is 13.3. The molecule has 0 fully saturated rings. The molecule has 0 saturated heterocycles. The first-order valence-electron chi connectivity index (χ1n) is 12.4. The molecule has 8 N–H and O–H groups in total. The van der Waals surface area contributed by atoms with Gasteiger partial charge in [-0.15, -0.1) is 0 Å². The Morgan fingerprint density at radius 2 is 1.44 bits per heavy atom. The van der Waals surface area contributed by atoms with E-state index in [-0.39, 0.29) is 13.1 Å². The Morgan fingerprint density at radius 1 is 0.889 bits per heavy atom. The van der Waals surface area contributed by atoms with Gasteiger partial charge in [-0.05, 0) is 57.7 Å². The first kappa shape index (κ1) is 32.0. The van der Waals surface area contributed by atoms with E-state index >= 15 is 0 Å². The number of alkyl carbamates (subject to hydrolysis) is 1. The molecule has 4 unspecified atom stereocenters. The molecule has 0 saturated carbocycles. The molecule has 0 heterocycles. The third-order valence-corrected chi connectivity index (χ3v) is 5.42. The Labute approximate surface area is 213 Å². The second kappa shape index (κ2) is 16.7. The van der Waals surface area contributed by atoms with Crippen molar-refractivity contribution in [2.24, 2.45) is 0 Å². The van der Waals surface area contributed by atoms with Crippen LogP contribution >= 0.6 is 0 Å². The minimum absolute atomic E-state index is 0.0274. The highest BCUT2D eigenvalue weighted by atomic mass is 16.6. The number of unbranched alkanes of at least 4 members (excludes halogenated alkanes) is 1. The number of carbonyl (C=O) groups excluding carboxylic acids is 1. The van der Waals surface area contributed by atoms with E-state index in [9.17, 15) is 25.2 Å². The van der Waals surface area contributed by atoms with Gasteiger partial charge in [-0.1, -0.05) is 12.1 Å². The maximum atomic E-state index is 11.6. The van der Waals surface area contributed by atoms with Crippen LogP contribution in [-0.4, -0.2) is 118 Å². The molecule has 1 rings (SSSR count). The Morgan fingerprint density at radius 3 is 1.94 bits per heavy atom. The molecule has 208 valence electrons. The third-order valence-electron chi connectivity index (χ3n) is 5.42. The van der Waals surface area contributed by atoms with Gasteiger partial charge in [0.25, 0.3) is 0 Å². The maximum absolute atomic E-state index is 11.6. The smallest absolute Gasteiger partial charge is 0.407 e. The molecule has 11 heteroatoms. The van der Waals surface area contributed by atoms with E-state index in [2.05, 4.69) is 10.6 Å². The van der Waals surface area contributed by atoms with Crippen LogP contribution in [0.25, 0.3) is 0 Å². The number of amides is 1. The highest BCUT2D eigenvalue weighted by molar-refractivity contribution is 5.67. The lowest BCUT2D eigenvalue weighted by Gasteiger charge is -2.30. The van der Waals surface area contributed by atoms with Crippen LogP contribution in [0.1, 0.15) is 39.2 Å². The van der Waals surface area contributed by atoms with Gasteiger partial charge < -0.3 is 46.0 Å². The average Bonchev–Trinajstić information content (AvgIpc) is 2.82. The number of anilines is 1. The zero-order chi connectivity index (χ0) is 27.1. The standard InChI is InChI=1S/C25H45N3O8/c1-25(2,3)36-24(35)27-11-5-4-6-18-7-9-19(10-8-18)26-12-13-28(14-20(31)22(33)16-29)15-21(32)23(34)17-30/h7-10,20-23,26,29-34H,4-6,11-17H2,1-3H3,(H,27,35). The van der Waals surface area contributed by atoms with Crippen molar-refractivity contribution in [1.82, 2.24) is 10.2 Å². The Kier molecular flexibility index (Phi) is 14.9. The molecule has 0 radical (unpaired) electrons. The number of nitrogens with one attached hydrogen (secondary N) is 2. The van der Waals surface area contributed by atoms with Crippen LogP contribution in [0.5, 0.6) is 0 Å². The molecule has 1 aromatic carbocycles. The zero-order valence-electron chi connectivity index (χ0n) is 21.6. The highest BCUT2D eigenvalue weighted by Crippen LogP contribution is 2.12. The SMILES string of the molecule is CC(C)(C)OC(=O)NCCCCc1ccc(NCCN(CC(O)C(O)CO)CC(O)C(O)CO)cc1. The summed E-state index contributed by atoms with van der Waals surface area (Å²) in [5, 5.41) is 63.4. The van der Waals surface area contributed by atoms with Gasteiger partial charge >= 0.3 is 6.09 Å². The summed E-state index contributed by atoms with van der Waals surface area (Å²) >= 11 is 0. The van der Waals surface area contributed by atoms with Crippen molar-refractivity contribution >= 4 is 11.8 Å². The van der Waals surface area contributed by atoms with Gasteiger partial charge in [0.1, 0.15) is 17.8 Å². The molecule has 0 aliphatic heterocycles. The van der Waals surface area contributed by atoms with Crippen LogP contribution in [-0.2, 0) is 11.2 Å². The minimum Gasteiger partial charge on any atom is -0.444 e. The lowest BCUT2D eigenvalue weighted by molar-refractivity contribution is -0.0529. The number of carbonyl (C=O) groups is 1. The molecule has 4 atom stereocenters. The van der Waals surface area contributed by atoms with E-state index in [1.54, 1.807) is 4.90 Å². The second-order valence-electron chi connectivity index (χ2n) is 9.90. The van der Waals surface area contributed by atoms with Crippen molar-refractivity contribution in [3.05, 3.63) is 29.8 Å². The average molecular weight is 516 g/mol. The Balaban J connectivity index is 2.43. The van der Waals surface area contributed by atoms with Crippen LogP contribution in [0.3, 0.4) is 0 Å². The molecule has 0 aliphatic rings. The summed E-state index contributed by atoms with van der Waals surface area (Å²) < 4.78 is 5.20. The number of aryl methyl sites for hydroxylation is 1. The number of ether oxygens (including phenoxy) is 1. The van der Waals surface area contributed by atoms with Gasteiger partial charge in [-0.2, -0.15) is 0 Å². The number of benzene rings is 1. The van der Waals surface area contributed by atoms with Crippen LogP contribution in [0, 0.1) is 0 Å². The maximum Gasteiger partial charge on any atom is 0.407 e. The van der Waals surface area contributed by atoms with Crippen molar-refractivity contribution in [3.63, 3.8) is 0 Å². The lowest BCUT2D eigenvalue weighted by Crippen LogP contribution is -2.47. The monoisotopic (exact) mass is 515 g/mol. The van der Waals surface area contributed by atoms with E-state index < -0.39 is 49.3 Å². The molecule has 0 aromatic heterocycles. The third kappa shape index (κ3) is 13.9. The fourth-order valence-electron chi connectivity index (χ4n) is 3.38. The molecule has 11 nitrogen and oxygen atoms in total. The van der Waals surface area contributed by atoms with Gasteiger partial charge in [-0.25, -0.2) is 4.79 Å². The topological polar surface area (TPSA) is 175 Å². The molecular weight excluding hydrogens is 470 g/mol. The van der Waals surface area contributed by atoms with E-state index in [1.807, 2.05) is 45.0 Å². The molecule has 36 heavy (non-hydrogen) atoms. The largest absolute Gasteiger partial charge is 0.444 e. The number of nitrogens with zero attached hydrogens (tertiary/aromatic N) is 1. The predicted octanol–water partition coefficient (Wildman–Crippen LogP) is -0.324. The highest BCUT2D eigenvalue weighted by Gasteiger charge is 2.23. The minimum atomic E-state index is -1.32. The fraction of sp³-hybridized carbons (Fsp3) is 0.720. The van der Waals surface area contributed by atoms with Crippen LogP contribution in [0.2, 0.25) is 0 Å². The van der Waals surface area contributed by atoms with Gasteiger partial charge in [0.15, 0.2) is 0 Å². The Hall–Kier alpha value is -1.99. The van der Waals surface area contributed by atoms with Crippen molar-refractivity contribution in [2.75, 3.05) is 51.3 Å². The van der Waals surface area contributed by atoms with Crippen molar-refractivity contribution in [3.8, 4) is 0 Å². The van der Waals surface area contributed by atoms with Gasteiger partial charge in [-0.3, -0.25) is 4.90 Å².